The van der Waals surface area contributed by atoms with E-state index < -0.39 is 11.4 Å². The first kappa shape index (κ1) is 11.3. The van der Waals surface area contributed by atoms with E-state index in [1.165, 1.54) is 0 Å². The van der Waals surface area contributed by atoms with Crippen molar-refractivity contribution < 1.29 is 14.7 Å². The largest absolute Gasteiger partial charge is 0.481 e. The number of hydrogen-bond acceptors (Lipinski definition) is 2. The number of rotatable bonds is 2. The van der Waals surface area contributed by atoms with Crippen molar-refractivity contribution >= 4 is 27.7 Å². The van der Waals surface area contributed by atoms with Gasteiger partial charge in [-0.05, 0) is 30.2 Å². The second-order valence-electron chi connectivity index (χ2n) is 4.24. The molecule has 2 rings (SSSR count). The van der Waals surface area contributed by atoms with E-state index in [0.717, 1.165) is 15.6 Å². The van der Waals surface area contributed by atoms with E-state index in [9.17, 15) is 14.7 Å². The van der Waals surface area contributed by atoms with Crippen LogP contribution in [-0.2, 0) is 15.0 Å². The minimum absolute atomic E-state index is 0.0183. The van der Waals surface area contributed by atoms with E-state index in [2.05, 4.69) is 15.9 Å². The van der Waals surface area contributed by atoms with Crippen LogP contribution in [0.5, 0.6) is 0 Å². The zero-order valence-electron chi connectivity index (χ0n) is 8.79. The summed E-state index contributed by atoms with van der Waals surface area (Å²) in [4.78, 5) is 22.4. The van der Waals surface area contributed by atoms with Crippen LogP contribution in [0.2, 0.25) is 0 Å². The molecule has 0 bridgehead atoms. The van der Waals surface area contributed by atoms with Crippen LogP contribution in [-0.4, -0.2) is 16.9 Å². The highest BCUT2D eigenvalue weighted by Gasteiger charge is 2.52. The van der Waals surface area contributed by atoms with E-state index in [0.29, 0.717) is 0 Å². The molecule has 0 radical (unpaired) electrons. The lowest BCUT2D eigenvalue weighted by molar-refractivity contribution is -0.153. The number of carbonyl (C=O) groups is 2. The van der Waals surface area contributed by atoms with Gasteiger partial charge >= 0.3 is 5.97 Å². The van der Waals surface area contributed by atoms with Gasteiger partial charge in [0.1, 0.15) is 11.2 Å². The lowest BCUT2D eigenvalue weighted by Crippen LogP contribution is -2.48. The van der Waals surface area contributed by atoms with Gasteiger partial charge in [-0.2, -0.15) is 0 Å². The van der Waals surface area contributed by atoms with Gasteiger partial charge in [-0.15, -0.1) is 0 Å². The van der Waals surface area contributed by atoms with Crippen molar-refractivity contribution in [1.29, 1.82) is 0 Å². The summed E-state index contributed by atoms with van der Waals surface area (Å²) in [5, 5.41) is 9.28. The van der Waals surface area contributed by atoms with Gasteiger partial charge in [0, 0.05) is 17.3 Å². The van der Waals surface area contributed by atoms with Gasteiger partial charge in [-0.3, -0.25) is 9.59 Å². The molecule has 0 atom stereocenters. The molecular weight excluding hydrogens is 272 g/mol. The normalized spacial score (nSPS) is 18.0. The second-order valence-corrected chi connectivity index (χ2v) is 5.15. The quantitative estimate of drug-likeness (QED) is 0.907. The average molecular weight is 283 g/mol. The van der Waals surface area contributed by atoms with Crippen molar-refractivity contribution in [3.05, 3.63) is 33.8 Å². The Labute approximate surface area is 102 Å². The molecule has 1 aromatic carbocycles. The van der Waals surface area contributed by atoms with E-state index in [1.807, 2.05) is 19.1 Å². The van der Waals surface area contributed by atoms with Gasteiger partial charge < -0.3 is 5.11 Å². The molecule has 0 amide bonds. The van der Waals surface area contributed by atoms with Crippen molar-refractivity contribution in [1.82, 2.24) is 0 Å². The molecule has 84 valence electrons. The Hall–Kier alpha value is -1.16. The molecule has 1 N–H and O–H groups in total. The summed E-state index contributed by atoms with van der Waals surface area (Å²) in [5.41, 5.74) is 0.675. The Morgan fingerprint density at radius 1 is 1.44 bits per heavy atom. The minimum atomic E-state index is -0.984. The van der Waals surface area contributed by atoms with Gasteiger partial charge in [0.15, 0.2) is 0 Å². The molecule has 0 saturated heterocycles. The first-order valence-electron chi connectivity index (χ1n) is 4.97. The maximum absolute atomic E-state index is 11.3. The van der Waals surface area contributed by atoms with Crippen molar-refractivity contribution in [3.8, 4) is 0 Å². The zero-order valence-corrected chi connectivity index (χ0v) is 10.4. The molecule has 0 unspecified atom stereocenters. The molecular formula is C12H11BrO3. The minimum Gasteiger partial charge on any atom is -0.481 e. The molecule has 4 heteroatoms. The average Bonchev–Trinajstić information content (AvgIpc) is 2.12. The number of aryl methyl sites for hydroxylation is 1. The number of hydrogen-bond donors (Lipinski definition) is 1. The van der Waals surface area contributed by atoms with Crippen LogP contribution in [0.4, 0.5) is 0 Å². The molecule has 0 aromatic heterocycles. The SMILES string of the molecule is Cc1cc(Br)ccc1C1(C(=O)O)CC(=O)C1. The number of carbonyl (C=O) groups excluding carboxylic acids is 1. The molecule has 0 heterocycles. The molecule has 16 heavy (non-hydrogen) atoms. The maximum atomic E-state index is 11.3. The van der Waals surface area contributed by atoms with Crippen LogP contribution in [0.15, 0.2) is 22.7 Å². The summed E-state index contributed by atoms with van der Waals surface area (Å²) in [6.07, 6.45) is 0.232. The molecule has 1 fully saturated rings. The summed E-state index contributed by atoms with van der Waals surface area (Å²) in [7, 11) is 0. The molecule has 1 aliphatic rings. The third kappa shape index (κ3) is 1.57. The monoisotopic (exact) mass is 282 g/mol. The van der Waals surface area contributed by atoms with Crippen molar-refractivity contribution in [2.24, 2.45) is 0 Å². The van der Waals surface area contributed by atoms with E-state index >= 15 is 0 Å². The number of aliphatic carboxylic acids is 1. The van der Waals surface area contributed by atoms with Gasteiger partial charge in [-0.25, -0.2) is 0 Å². The van der Waals surface area contributed by atoms with Crippen LogP contribution in [0.1, 0.15) is 24.0 Å². The van der Waals surface area contributed by atoms with E-state index in [-0.39, 0.29) is 18.6 Å². The fourth-order valence-corrected chi connectivity index (χ4v) is 2.72. The molecule has 0 spiro atoms. The Kier molecular flexibility index (Phi) is 2.62. The van der Waals surface area contributed by atoms with Crippen LogP contribution in [0.25, 0.3) is 0 Å². The Bertz CT molecular complexity index is 471. The van der Waals surface area contributed by atoms with Crippen LogP contribution in [0, 0.1) is 6.92 Å². The predicted molar refractivity (Wildman–Crippen MR) is 62.4 cm³/mol. The van der Waals surface area contributed by atoms with Crippen LogP contribution < -0.4 is 0 Å². The summed E-state index contributed by atoms with van der Waals surface area (Å²) in [5.74, 6) is -0.887. The third-order valence-corrected chi connectivity index (χ3v) is 3.60. The van der Waals surface area contributed by atoms with Crippen LogP contribution >= 0.6 is 15.9 Å². The third-order valence-electron chi connectivity index (χ3n) is 3.11. The lowest BCUT2D eigenvalue weighted by Gasteiger charge is -2.37. The number of Topliss-reactive ketones (excluding diaryl/α,β-unsaturated/α-hetero) is 1. The topological polar surface area (TPSA) is 54.4 Å². The number of halogens is 1. The maximum Gasteiger partial charge on any atom is 0.315 e. The van der Waals surface area contributed by atoms with Crippen molar-refractivity contribution in [2.45, 2.75) is 25.2 Å². The molecule has 1 aliphatic carbocycles. The number of carboxylic acid groups (broad SMARTS) is 1. The zero-order chi connectivity index (χ0) is 11.9. The Morgan fingerprint density at radius 3 is 2.50 bits per heavy atom. The highest BCUT2D eigenvalue weighted by molar-refractivity contribution is 9.10. The van der Waals surface area contributed by atoms with Crippen molar-refractivity contribution in [3.63, 3.8) is 0 Å². The van der Waals surface area contributed by atoms with Crippen LogP contribution in [0.3, 0.4) is 0 Å². The smallest absolute Gasteiger partial charge is 0.315 e. The number of benzene rings is 1. The summed E-state index contributed by atoms with van der Waals surface area (Å²) >= 11 is 3.34. The molecule has 3 nitrogen and oxygen atoms in total. The summed E-state index contributed by atoms with van der Waals surface area (Å²) in [6.45, 7) is 1.87. The molecule has 1 aromatic rings. The highest BCUT2D eigenvalue weighted by Crippen LogP contribution is 2.43. The fourth-order valence-electron chi connectivity index (χ4n) is 2.24. The second kappa shape index (κ2) is 3.70. The first-order chi connectivity index (χ1) is 7.45. The van der Waals surface area contributed by atoms with Gasteiger partial charge in [0.25, 0.3) is 0 Å². The lowest BCUT2D eigenvalue weighted by atomic mass is 9.62. The van der Waals surface area contributed by atoms with Gasteiger partial charge in [0.2, 0.25) is 0 Å². The molecule has 1 saturated carbocycles. The van der Waals surface area contributed by atoms with Crippen molar-refractivity contribution in [2.75, 3.05) is 0 Å². The predicted octanol–water partition coefficient (Wildman–Crippen LogP) is 2.44. The molecule has 0 aliphatic heterocycles. The first-order valence-corrected chi connectivity index (χ1v) is 5.77. The number of ketones is 1. The van der Waals surface area contributed by atoms with E-state index in [4.69, 9.17) is 0 Å². The highest BCUT2D eigenvalue weighted by atomic mass is 79.9. The van der Waals surface area contributed by atoms with E-state index in [1.54, 1.807) is 6.07 Å². The fraction of sp³-hybridized carbons (Fsp3) is 0.333. The Balaban J connectivity index is 2.49. The summed E-state index contributed by atoms with van der Waals surface area (Å²) < 4.78 is 0.917. The van der Waals surface area contributed by atoms with Gasteiger partial charge in [0.05, 0.1) is 0 Å². The summed E-state index contributed by atoms with van der Waals surface area (Å²) in [6, 6.07) is 5.48. The standard InChI is InChI=1S/C12H11BrO3/c1-7-4-8(13)2-3-10(7)12(11(15)16)5-9(14)6-12/h2-4H,5-6H2,1H3,(H,15,16). The Morgan fingerprint density at radius 2 is 2.06 bits per heavy atom. The van der Waals surface area contributed by atoms with Gasteiger partial charge in [-0.1, -0.05) is 22.0 Å². The number of carboxylic acids is 1.